The summed E-state index contributed by atoms with van der Waals surface area (Å²) < 4.78 is 67.7. The van der Waals surface area contributed by atoms with Crippen molar-refractivity contribution in [3.8, 4) is 0 Å². The predicted molar refractivity (Wildman–Crippen MR) is 62.9 cm³/mol. The van der Waals surface area contributed by atoms with Crippen LogP contribution in [0, 0.1) is 0 Å². The van der Waals surface area contributed by atoms with Crippen LogP contribution in [0.4, 0.5) is 13.2 Å². The van der Waals surface area contributed by atoms with E-state index in [1.807, 2.05) is 0 Å². The first-order valence-corrected chi connectivity index (χ1v) is 7.34. The molecule has 0 saturated heterocycles. The molecule has 114 valence electrons. The SMILES string of the molecule is COCC(NS(=O)(=O)c1ccsc1C(F)(F)F)C(=O)O. The molecule has 20 heavy (non-hydrogen) atoms. The molecule has 0 aliphatic carbocycles. The zero-order valence-electron chi connectivity index (χ0n) is 9.97. The number of nitrogens with one attached hydrogen (secondary N) is 1. The van der Waals surface area contributed by atoms with Gasteiger partial charge in [0.2, 0.25) is 10.0 Å². The second-order valence-corrected chi connectivity index (χ2v) is 6.18. The van der Waals surface area contributed by atoms with Gasteiger partial charge in [-0.1, -0.05) is 0 Å². The number of halogens is 3. The van der Waals surface area contributed by atoms with Gasteiger partial charge in [0.25, 0.3) is 0 Å². The number of alkyl halides is 3. The number of carboxylic acid groups (broad SMARTS) is 1. The number of thiophene rings is 1. The average Bonchev–Trinajstić information content (AvgIpc) is 2.77. The van der Waals surface area contributed by atoms with E-state index >= 15 is 0 Å². The number of hydrogen-bond donors (Lipinski definition) is 2. The quantitative estimate of drug-likeness (QED) is 0.814. The van der Waals surface area contributed by atoms with Crippen LogP contribution in [-0.2, 0) is 25.7 Å². The number of methoxy groups -OCH3 is 1. The highest BCUT2D eigenvalue weighted by molar-refractivity contribution is 7.89. The molecule has 0 saturated carbocycles. The van der Waals surface area contributed by atoms with Crippen LogP contribution in [0.1, 0.15) is 4.88 Å². The van der Waals surface area contributed by atoms with Gasteiger partial charge in [0.15, 0.2) is 0 Å². The highest BCUT2D eigenvalue weighted by atomic mass is 32.2. The first-order valence-electron chi connectivity index (χ1n) is 4.98. The minimum Gasteiger partial charge on any atom is -0.480 e. The van der Waals surface area contributed by atoms with Gasteiger partial charge in [-0.3, -0.25) is 4.79 Å². The van der Waals surface area contributed by atoms with Crippen LogP contribution in [0.2, 0.25) is 0 Å². The molecule has 1 aromatic rings. The van der Waals surface area contributed by atoms with Crippen molar-refractivity contribution in [1.29, 1.82) is 0 Å². The summed E-state index contributed by atoms with van der Waals surface area (Å²) in [6.45, 7) is -0.514. The Hall–Kier alpha value is -1.17. The van der Waals surface area contributed by atoms with Crippen LogP contribution in [0.5, 0.6) is 0 Å². The molecule has 0 amide bonds. The maximum Gasteiger partial charge on any atom is 0.426 e. The fourth-order valence-electron chi connectivity index (χ4n) is 1.29. The maximum atomic E-state index is 12.6. The molecule has 1 aromatic heterocycles. The van der Waals surface area contributed by atoms with Gasteiger partial charge in [0.1, 0.15) is 15.8 Å². The second kappa shape index (κ2) is 6.08. The summed E-state index contributed by atoms with van der Waals surface area (Å²) >= 11 is 0.209. The van der Waals surface area contributed by atoms with Gasteiger partial charge in [-0.25, -0.2) is 8.42 Å². The molecule has 6 nitrogen and oxygen atoms in total. The number of hydrogen-bond acceptors (Lipinski definition) is 5. The van der Waals surface area contributed by atoms with Gasteiger partial charge in [-0.2, -0.15) is 17.9 Å². The monoisotopic (exact) mass is 333 g/mol. The third kappa shape index (κ3) is 3.91. The van der Waals surface area contributed by atoms with Crippen LogP contribution in [0.3, 0.4) is 0 Å². The maximum absolute atomic E-state index is 12.6. The van der Waals surface area contributed by atoms with E-state index < -0.39 is 44.6 Å². The van der Waals surface area contributed by atoms with E-state index in [9.17, 15) is 26.4 Å². The fraction of sp³-hybridized carbons (Fsp3) is 0.444. The lowest BCUT2D eigenvalue weighted by Crippen LogP contribution is -2.43. The summed E-state index contributed by atoms with van der Waals surface area (Å²) in [5.41, 5.74) is 0. The Kier molecular flexibility index (Phi) is 5.13. The zero-order valence-corrected chi connectivity index (χ0v) is 11.6. The van der Waals surface area contributed by atoms with Crippen LogP contribution >= 0.6 is 11.3 Å². The molecule has 1 unspecified atom stereocenters. The van der Waals surface area contributed by atoms with E-state index in [1.165, 1.54) is 0 Å². The van der Waals surface area contributed by atoms with Gasteiger partial charge in [-0.05, 0) is 11.4 Å². The molecule has 0 aromatic carbocycles. The van der Waals surface area contributed by atoms with E-state index in [-0.39, 0.29) is 11.3 Å². The molecular weight excluding hydrogens is 323 g/mol. The number of rotatable bonds is 6. The standard InChI is InChI=1S/C9H10F3NO5S2/c1-18-4-5(8(14)15)13-20(16,17)6-2-3-19-7(6)9(10,11)12/h2-3,5,13H,4H2,1H3,(H,14,15). The van der Waals surface area contributed by atoms with Gasteiger partial charge in [-0.15, -0.1) is 11.3 Å². The van der Waals surface area contributed by atoms with Crippen molar-refractivity contribution in [2.45, 2.75) is 17.1 Å². The first-order chi connectivity index (χ1) is 9.09. The van der Waals surface area contributed by atoms with E-state index in [0.717, 1.165) is 18.6 Å². The topological polar surface area (TPSA) is 92.7 Å². The molecule has 0 radical (unpaired) electrons. The Labute approximate surface area is 116 Å². The van der Waals surface area contributed by atoms with Crippen molar-refractivity contribution in [2.24, 2.45) is 0 Å². The largest absolute Gasteiger partial charge is 0.480 e. The van der Waals surface area contributed by atoms with Crippen LogP contribution in [-0.4, -0.2) is 39.3 Å². The molecule has 1 rings (SSSR count). The van der Waals surface area contributed by atoms with E-state index in [2.05, 4.69) is 4.74 Å². The minimum absolute atomic E-state index is 0.209. The number of ether oxygens (including phenoxy) is 1. The first kappa shape index (κ1) is 16.9. The van der Waals surface area contributed by atoms with Crippen molar-refractivity contribution in [3.63, 3.8) is 0 Å². The highest BCUT2D eigenvalue weighted by Crippen LogP contribution is 2.37. The van der Waals surface area contributed by atoms with E-state index in [1.54, 1.807) is 4.72 Å². The summed E-state index contributed by atoms with van der Waals surface area (Å²) in [6.07, 6.45) is -4.84. The van der Waals surface area contributed by atoms with Crippen LogP contribution in [0.25, 0.3) is 0 Å². The van der Waals surface area contributed by atoms with Crippen molar-refractivity contribution >= 4 is 27.3 Å². The highest BCUT2D eigenvalue weighted by Gasteiger charge is 2.39. The predicted octanol–water partition coefficient (Wildman–Crippen LogP) is 1.14. The third-order valence-corrected chi connectivity index (χ3v) is 4.71. The van der Waals surface area contributed by atoms with Crippen molar-refractivity contribution in [1.82, 2.24) is 4.72 Å². The van der Waals surface area contributed by atoms with Gasteiger partial charge >= 0.3 is 12.1 Å². The molecule has 2 N–H and O–H groups in total. The van der Waals surface area contributed by atoms with E-state index in [0.29, 0.717) is 0 Å². The van der Waals surface area contributed by atoms with Gasteiger partial charge in [0, 0.05) is 7.11 Å². The van der Waals surface area contributed by atoms with Crippen LogP contribution in [0.15, 0.2) is 16.3 Å². The normalized spacial score (nSPS) is 14.2. The summed E-state index contributed by atoms with van der Waals surface area (Å²) in [6, 6.07) is -0.910. The fourth-order valence-corrected chi connectivity index (χ4v) is 3.78. The van der Waals surface area contributed by atoms with Crippen molar-refractivity contribution in [3.05, 3.63) is 16.3 Å². The Bertz CT molecular complexity index is 581. The lowest BCUT2D eigenvalue weighted by atomic mass is 10.3. The molecule has 0 spiro atoms. The summed E-state index contributed by atoms with van der Waals surface area (Å²) in [5.74, 6) is -1.56. The number of aliphatic carboxylic acids is 1. The van der Waals surface area contributed by atoms with Crippen LogP contribution < -0.4 is 4.72 Å². The number of carbonyl (C=O) groups is 1. The average molecular weight is 333 g/mol. The van der Waals surface area contributed by atoms with Gasteiger partial charge < -0.3 is 9.84 Å². The molecular formula is C9H10F3NO5S2. The molecule has 0 aliphatic heterocycles. The smallest absolute Gasteiger partial charge is 0.426 e. The van der Waals surface area contributed by atoms with Crippen molar-refractivity contribution in [2.75, 3.05) is 13.7 Å². The molecule has 0 aliphatic rings. The minimum atomic E-state index is -4.84. The lowest BCUT2D eigenvalue weighted by Gasteiger charge is -2.14. The molecule has 0 fully saturated rings. The molecule has 1 atom stereocenters. The Morgan fingerprint density at radius 3 is 2.60 bits per heavy atom. The molecule has 11 heteroatoms. The number of carboxylic acids is 1. The molecule has 0 bridgehead atoms. The second-order valence-electron chi connectivity index (χ2n) is 3.58. The van der Waals surface area contributed by atoms with Gasteiger partial charge in [0.05, 0.1) is 6.61 Å². The number of sulfonamides is 1. The van der Waals surface area contributed by atoms with E-state index in [4.69, 9.17) is 5.11 Å². The molecule has 1 heterocycles. The Morgan fingerprint density at radius 2 is 2.15 bits per heavy atom. The zero-order chi connectivity index (χ0) is 15.6. The van der Waals surface area contributed by atoms with Crippen molar-refractivity contribution < 1.29 is 36.2 Å². The summed E-state index contributed by atoms with van der Waals surface area (Å²) in [5, 5.41) is 9.73. The Morgan fingerprint density at radius 1 is 1.55 bits per heavy atom. The summed E-state index contributed by atoms with van der Waals surface area (Å²) in [7, 11) is -3.48. The Balaban J connectivity index is 3.12. The lowest BCUT2D eigenvalue weighted by molar-refractivity contribution is -0.140. The summed E-state index contributed by atoms with van der Waals surface area (Å²) in [4.78, 5) is 8.48. The third-order valence-electron chi connectivity index (χ3n) is 2.10.